The second-order valence-corrected chi connectivity index (χ2v) is 6.15. The van der Waals surface area contributed by atoms with E-state index in [1.54, 1.807) is 0 Å². The molecule has 0 bridgehead atoms. The van der Waals surface area contributed by atoms with Crippen LogP contribution in [0.5, 0.6) is 0 Å². The van der Waals surface area contributed by atoms with E-state index < -0.39 is 20.9 Å². The molecule has 1 aliphatic heterocycles. The van der Waals surface area contributed by atoms with Crippen LogP contribution in [0.25, 0.3) is 0 Å². The number of pyridine rings is 1. The number of halogens is 1. The van der Waals surface area contributed by atoms with Crippen molar-refractivity contribution in [2.75, 3.05) is 13.2 Å². The summed E-state index contributed by atoms with van der Waals surface area (Å²) in [6, 6.07) is 2.43. The minimum Gasteiger partial charge on any atom is -0.378 e. The molecule has 2 rings (SSSR count). The van der Waals surface area contributed by atoms with Gasteiger partial charge in [0.15, 0.2) is 5.82 Å². The van der Waals surface area contributed by atoms with E-state index in [9.17, 15) is 12.8 Å². The molecule has 0 amide bonds. The molecule has 1 saturated heterocycles. The first-order chi connectivity index (χ1) is 9.09. The molecular weight excluding hydrogens is 271 g/mol. The molecule has 5 nitrogen and oxygen atoms in total. The van der Waals surface area contributed by atoms with E-state index in [2.05, 4.69) is 9.71 Å². The van der Waals surface area contributed by atoms with Gasteiger partial charge in [-0.15, -0.1) is 0 Å². The van der Waals surface area contributed by atoms with Crippen molar-refractivity contribution in [3.63, 3.8) is 0 Å². The maximum absolute atomic E-state index is 13.4. The summed E-state index contributed by atoms with van der Waals surface area (Å²) in [5.74, 6) is -0.844. The van der Waals surface area contributed by atoms with Crippen LogP contribution >= 0.6 is 0 Å². The molecule has 0 saturated carbocycles. The van der Waals surface area contributed by atoms with E-state index in [0.717, 1.165) is 31.9 Å². The Hall–Kier alpha value is -1.05. The molecule has 0 spiro atoms. The summed E-state index contributed by atoms with van der Waals surface area (Å²) in [6.07, 6.45) is 5.04. The average Bonchev–Trinajstić information content (AvgIpc) is 2.40. The average molecular weight is 288 g/mol. The fourth-order valence-corrected chi connectivity index (χ4v) is 3.07. The fraction of sp³-hybridized carbons (Fsp3) is 0.583. The number of rotatable bonds is 5. The first kappa shape index (κ1) is 14.4. The summed E-state index contributed by atoms with van der Waals surface area (Å²) in [7, 11) is -3.88. The van der Waals surface area contributed by atoms with Crippen LogP contribution in [0, 0.1) is 5.82 Å². The number of hydrogen-bond acceptors (Lipinski definition) is 4. The molecule has 1 fully saturated rings. The van der Waals surface area contributed by atoms with Gasteiger partial charge in [0.1, 0.15) is 0 Å². The summed E-state index contributed by atoms with van der Waals surface area (Å²) < 4.78 is 44.9. The lowest BCUT2D eigenvalue weighted by Crippen LogP contribution is -2.30. The van der Waals surface area contributed by atoms with Crippen molar-refractivity contribution in [2.45, 2.75) is 36.8 Å². The molecule has 106 valence electrons. The van der Waals surface area contributed by atoms with Crippen LogP contribution in [0.4, 0.5) is 4.39 Å². The van der Waals surface area contributed by atoms with Gasteiger partial charge in [-0.3, -0.25) is 0 Å². The van der Waals surface area contributed by atoms with Gasteiger partial charge in [-0.05, 0) is 37.8 Å². The van der Waals surface area contributed by atoms with Crippen LogP contribution in [0.1, 0.15) is 25.7 Å². The lowest BCUT2D eigenvalue weighted by molar-refractivity contribution is 0.0123. The largest absolute Gasteiger partial charge is 0.378 e. The highest BCUT2D eigenvalue weighted by molar-refractivity contribution is 7.89. The summed E-state index contributed by atoms with van der Waals surface area (Å²) >= 11 is 0. The van der Waals surface area contributed by atoms with Gasteiger partial charge in [-0.2, -0.15) is 0 Å². The third-order valence-electron chi connectivity index (χ3n) is 3.01. The zero-order valence-electron chi connectivity index (χ0n) is 10.5. The zero-order chi connectivity index (χ0) is 13.7. The Kier molecular flexibility index (Phi) is 4.84. The molecule has 0 aromatic carbocycles. The molecule has 0 aliphatic carbocycles. The Bertz CT molecular complexity index is 515. The summed E-state index contributed by atoms with van der Waals surface area (Å²) in [5.41, 5.74) is 0. The number of sulfonamides is 1. The quantitative estimate of drug-likeness (QED) is 0.890. The Morgan fingerprint density at radius 1 is 1.47 bits per heavy atom. The van der Waals surface area contributed by atoms with Gasteiger partial charge in [-0.1, -0.05) is 0 Å². The van der Waals surface area contributed by atoms with Gasteiger partial charge >= 0.3 is 0 Å². The van der Waals surface area contributed by atoms with E-state index in [4.69, 9.17) is 4.74 Å². The van der Waals surface area contributed by atoms with Crippen molar-refractivity contribution in [1.29, 1.82) is 0 Å². The Morgan fingerprint density at radius 3 is 3.00 bits per heavy atom. The van der Waals surface area contributed by atoms with Crippen molar-refractivity contribution >= 4 is 10.0 Å². The maximum atomic E-state index is 13.4. The van der Waals surface area contributed by atoms with E-state index in [0.29, 0.717) is 6.42 Å². The standard InChI is InChI=1S/C12H17FN2O3S/c13-11-5-3-7-14-12(11)19(16,17)15-8-6-10-4-1-2-9-18-10/h3,5,7,10,15H,1-2,4,6,8-9H2. The number of aromatic nitrogens is 1. The first-order valence-corrected chi connectivity index (χ1v) is 7.80. The van der Waals surface area contributed by atoms with Crippen molar-refractivity contribution in [2.24, 2.45) is 0 Å². The lowest BCUT2D eigenvalue weighted by atomic mass is 10.1. The zero-order valence-corrected chi connectivity index (χ0v) is 11.3. The molecule has 1 atom stereocenters. The fourth-order valence-electron chi connectivity index (χ4n) is 2.03. The smallest absolute Gasteiger partial charge is 0.261 e. The third kappa shape index (κ3) is 3.95. The highest BCUT2D eigenvalue weighted by atomic mass is 32.2. The van der Waals surface area contributed by atoms with Gasteiger partial charge in [-0.25, -0.2) is 22.5 Å². The molecule has 2 heterocycles. The molecule has 7 heteroatoms. The van der Waals surface area contributed by atoms with Crippen molar-refractivity contribution in [3.05, 3.63) is 24.1 Å². The highest BCUT2D eigenvalue weighted by Gasteiger charge is 2.21. The maximum Gasteiger partial charge on any atom is 0.261 e. The molecule has 1 unspecified atom stereocenters. The monoisotopic (exact) mass is 288 g/mol. The highest BCUT2D eigenvalue weighted by Crippen LogP contribution is 2.15. The molecular formula is C12H17FN2O3S. The van der Waals surface area contributed by atoms with Gasteiger partial charge in [0, 0.05) is 19.3 Å². The van der Waals surface area contributed by atoms with Crippen molar-refractivity contribution < 1.29 is 17.5 Å². The number of hydrogen-bond donors (Lipinski definition) is 1. The molecule has 1 aromatic rings. The predicted molar refractivity (Wildman–Crippen MR) is 67.6 cm³/mol. The summed E-state index contributed by atoms with van der Waals surface area (Å²) in [6.45, 7) is 0.954. The third-order valence-corrected chi connectivity index (χ3v) is 4.41. The van der Waals surface area contributed by atoms with Crippen LogP contribution in [0.2, 0.25) is 0 Å². The SMILES string of the molecule is O=S(=O)(NCCC1CCCCO1)c1ncccc1F. The Morgan fingerprint density at radius 2 is 2.32 bits per heavy atom. The van der Waals surface area contributed by atoms with Gasteiger partial charge in [0.05, 0.1) is 6.10 Å². The van der Waals surface area contributed by atoms with E-state index in [-0.39, 0.29) is 12.6 Å². The van der Waals surface area contributed by atoms with Crippen LogP contribution in [-0.4, -0.2) is 32.7 Å². The molecule has 1 N–H and O–H groups in total. The molecule has 19 heavy (non-hydrogen) atoms. The van der Waals surface area contributed by atoms with E-state index in [1.807, 2.05) is 0 Å². The van der Waals surface area contributed by atoms with Crippen LogP contribution < -0.4 is 4.72 Å². The van der Waals surface area contributed by atoms with Gasteiger partial charge in [0.25, 0.3) is 10.0 Å². The second-order valence-electron chi connectivity index (χ2n) is 4.47. The van der Waals surface area contributed by atoms with Crippen LogP contribution in [-0.2, 0) is 14.8 Å². The number of ether oxygens (including phenoxy) is 1. The molecule has 0 radical (unpaired) electrons. The lowest BCUT2D eigenvalue weighted by Gasteiger charge is -2.22. The topological polar surface area (TPSA) is 68.3 Å². The Labute approximate surface area is 112 Å². The van der Waals surface area contributed by atoms with Gasteiger partial charge < -0.3 is 4.74 Å². The van der Waals surface area contributed by atoms with E-state index in [1.165, 1.54) is 12.3 Å². The summed E-state index contributed by atoms with van der Waals surface area (Å²) in [4.78, 5) is 3.56. The normalized spacial score (nSPS) is 20.4. The van der Waals surface area contributed by atoms with Gasteiger partial charge in [0.2, 0.25) is 5.03 Å². The minimum atomic E-state index is -3.88. The van der Waals surface area contributed by atoms with Crippen LogP contribution in [0.3, 0.4) is 0 Å². The second kappa shape index (κ2) is 6.40. The van der Waals surface area contributed by atoms with E-state index >= 15 is 0 Å². The molecule has 1 aromatic heterocycles. The predicted octanol–water partition coefficient (Wildman–Crippen LogP) is 1.46. The van der Waals surface area contributed by atoms with Crippen molar-refractivity contribution in [3.8, 4) is 0 Å². The summed E-state index contributed by atoms with van der Waals surface area (Å²) in [5, 5.41) is -0.556. The van der Waals surface area contributed by atoms with Crippen molar-refractivity contribution in [1.82, 2.24) is 9.71 Å². The first-order valence-electron chi connectivity index (χ1n) is 6.31. The van der Waals surface area contributed by atoms with Crippen LogP contribution in [0.15, 0.2) is 23.4 Å². The number of nitrogens with one attached hydrogen (secondary N) is 1. The molecule has 1 aliphatic rings. The number of nitrogens with zero attached hydrogens (tertiary/aromatic N) is 1. The minimum absolute atomic E-state index is 0.0880. The Balaban J connectivity index is 1.89.